The minimum atomic E-state index is -0.142. The molecule has 6 nitrogen and oxygen atoms in total. The number of nitrogens with zero attached hydrogens (tertiary/aromatic N) is 2. The maximum atomic E-state index is 12.1. The summed E-state index contributed by atoms with van der Waals surface area (Å²) in [6.07, 6.45) is 1.74. The van der Waals surface area contributed by atoms with Gasteiger partial charge < -0.3 is 16.0 Å². The van der Waals surface area contributed by atoms with Crippen molar-refractivity contribution < 1.29 is 4.79 Å². The summed E-state index contributed by atoms with van der Waals surface area (Å²) < 4.78 is 0.921. The van der Waals surface area contributed by atoms with Crippen LogP contribution in [0.1, 0.15) is 11.3 Å². The van der Waals surface area contributed by atoms with E-state index in [0.717, 1.165) is 21.4 Å². The summed E-state index contributed by atoms with van der Waals surface area (Å²) in [6, 6.07) is 11.5. The maximum Gasteiger partial charge on any atom is 0.243 e. The molecule has 0 spiro atoms. The fourth-order valence-electron chi connectivity index (χ4n) is 1.98. The lowest BCUT2D eigenvalue weighted by Crippen LogP contribution is -2.41. The van der Waals surface area contributed by atoms with E-state index in [2.05, 4.69) is 41.9 Å². The molecule has 0 aliphatic carbocycles. The molecular weight excluding hydrogens is 370 g/mol. The molecule has 7 heteroatoms. The lowest BCUT2D eigenvalue weighted by Gasteiger charge is -2.13. The highest BCUT2D eigenvalue weighted by molar-refractivity contribution is 9.10. The van der Waals surface area contributed by atoms with Crippen molar-refractivity contribution in [1.82, 2.24) is 15.6 Å². The van der Waals surface area contributed by atoms with Crippen molar-refractivity contribution in [3.63, 3.8) is 0 Å². The Hall–Kier alpha value is -2.41. The molecule has 0 aliphatic heterocycles. The van der Waals surface area contributed by atoms with Crippen LogP contribution in [0.3, 0.4) is 0 Å². The summed E-state index contributed by atoms with van der Waals surface area (Å²) in [5, 5.41) is 8.97. The summed E-state index contributed by atoms with van der Waals surface area (Å²) in [6.45, 7) is 2.60. The number of hydrogen-bond acceptors (Lipinski definition) is 3. The average Bonchev–Trinajstić information content (AvgIpc) is 2.59. The molecule has 126 valence electrons. The van der Waals surface area contributed by atoms with Gasteiger partial charge in [-0.1, -0.05) is 28.1 Å². The number of aliphatic imine (C=N–C) groups is 1. The Morgan fingerprint density at radius 2 is 2.08 bits per heavy atom. The molecule has 0 bridgehead atoms. The Balaban J connectivity index is 1.82. The van der Waals surface area contributed by atoms with Gasteiger partial charge in [-0.25, -0.2) is 0 Å². The summed E-state index contributed by atoms with van der Waals surface area (Å²) >= 11 is 3.40. The van der Waals surface area contributed by atoms with E-state index in [1.54, 1.807) is 13.2 Å². The van der Waals surface area contributed by atoms with Gasteiger partial charge in [0.15, 0.2) is 5.96 Å². The van der Waals surface area contributed by atoms with Crippen LogP contribution in [-0.4, -0.2) is 30.4 Å². The van der Waals surface area contributed by atoms with E-state index in [4.69, 9.17) is 0 Å². The number of aryl methyl sites for hydroxylation is 1. The molecule has 1 amide bonds. The minimum absolute atomic E-state index is 0.119. The fourth-order valence-corrected chi connectivity index (χ4v) is 2.35. The number of guanidine groups is 1. The average molecular weight is 390 g/mol. The molecule has 1 aromatic carbocycles. The topological polar surface area (TPSA) is 78.4 Å². The van der Waals surface area contributed by atoms with Gasteiger partial charge in [0.1, 0.15) is 0 Å². The first-order valence-corrected chi connectivity index (χ1v) is 8.28. The second-order valence-corrected chi connectivity index (χ2v) is 6.02. The molecule has 0 unspecified atom stereocenters. The molecular formula is C17H20BrN5O. The molecule has 3 N–H and O–H groups in total. The van der Waals surface area contributed by atoms with Crippen molar-refractivity contribution in [2.75, 3.05) is 18.9 Å². The summed E-state index contributed by atoms with van der Waals surface area (Å²) in [4.78, 5) is 20.4. The number of amides is 1. The van der Waals surface area contributed by atoms with Crippen molar-refractivity contribution in [2.24, 2.45) is 4.99 Å². The molecule has 2 rings (SSSR count). The van der Waals surface area contributed by atoms with Gasteiger partial charge in [-0.3, -0.25) is 14.8 Å². The Bertz CT molecular complexity index is 718. The molecule has 0 saturated heterocycles. The molecule has 1 aromatic heterocycles. The molecule has 1 heterocycles. The van der Waals surface area contributed by atoms with Crippen molar-refractivity contribution in [1.29, 1.82) is 0 Å². The zero-order valence-corrected chi connectivity index (χ0v) is 15.2. The first kappa shape index (κ1) is 17.9. The summed E-state index contributed by atoms with van der Waals surface area (Å²) in [5.41, 5.74) is 2.69. The van der Waals surface area contributed by atoms with Crippen molar-refractivity contribution in [3.05, 3.63) is 58.3 Å². The van der Waals surface area contributed by atoms with Crippen LogP contribution in [0, 0.1) is 6.92 Å². The molecule has 0 atom stereocenters. The third-order valence-electron chi connectivity index (χ3n) is 3.28. The predicted molar refractivity (Wildman–Crippen MR) is 99.9 cm³/mol. The van der Waals surface area contributed by atoms with Crippen LogP contribution in [0.15, 0.2) is 52.1 Å². The molecule has 0 saturated carbocycles. The van der Waals surface area contributed by atoms with E-state index in [0.29, 0.717) is 12.5 Å². The largest absolute Gasteiger partial charge is 0.351 e. The third-order valence-corrected chi connectivity index (χ3v) is 3.77. The first-order chi connectivity index (χ1) is 11.6. The lowest BCUT2D eigenvalue weighted by atomic mass is 10.2. The smallest absolute Gasteiger partial charge is 0.243 e. The predicted octanol–water partition coefficient (Wildman–Crippen LogP) is 2.46. The molecule has 2 aromatic rings. The van der Waals surface area contributed by atoms with E-state index in [1.807, 2.05) is 43.3 Å². The van der Waals surface area contributed by atoms with Gasteiger partial charge in [-0.05, 0) is 36.8 Å². The number of hydrogen-bond donors (Lipinski definition) is 3. The maximum absolute atomic E-state index is 12.1. The van der Waals surface area contributed by atoms with Crippen LogP contribution >= 0.6 is 15.9 Å². The van der Waals surface area contributed by atoms with Crippen LogP contribution in [0.2, 0.25) is 0 Å². The van der Waals surface area contributed by atoms with Gasteiger partial charge in [0.2, 0.25) is 5.91 Å². The quantitative estimate of drug-likeness (QED) is 0.542. The van der Waals surface area contributed by atoms with E-state index >= 15 is 0 Å². The van der Waals surface area contributed by atoms with Gasteiger partial charge in [-0.2, -0.15) is 0 Å². The first-order valence-electron chi connectivity index (χ1n) is 7.49. The van der Waals surface area contributed by atoms with Gasteiger partial charge in [0.25, 0.3) is 0 Å². The van der Waals surface area contributed by atoms with E-state index in [1.165, 1.54) is 0 Å². The number of aromatic nitrogens is 1. The third kappa shape index (κ3) is 5.66. The fraction of sp³-hybridized carbons (Fsp3) is 0.235. The number of benzene rings is 1. The Morgan fingerprint density at radius 1 is 1.25 bits per heavy atom. The van der Waals surface area contributed by atoms with Crippen LogP contribution in [0.4, 0.5) is 5.69 Å². The van der Waals surface area contributed by atoms with E-state index in [-0.39, 0.29) is 12.5 Å². The second kappa shape index (κ2) is 9.02. The van der Waals surface area contributed by atoms with Crippen LogP contribution < -0.4 is 16.0 Å². The van der Waals surface area contributed by atoms with E-state index < -0.39 is 0 Å². The summed E-state index contributed by atoms with van der Waals surface area (Å²) in [7, 11) is 1.66. The Kier molecular flexibility index (Phi) is 6.74. The van der Waals surface area contributed by atoms with Crippen molar-refractivity contribution in [2.45, 2.75) is 13.5 Å². The Labute approximate surface area is 149 Å². The number of carbonyl (C=O) groups is 1. The van der Waals surface area contributed by atoms with E-state index in [9.17, 15) is 4.79 Å². The number of rotatable bonds is 5. The van der Waals surface area contributed by atoms with Gasteiger partial charge in [0.05, 0.1) is 18.8 Å². The second-order valence-electron chi connectivity index (χ2n) is 5.11. The van der Waals surface area contributed by atoms with Crippen molar-refractivity contribution in [3.8, 4) is 0 Å². The van der Waals surface area contributed by atoms with Crippen LogP contribution in [-0.2, 0) is 11.3 Å². The normalized spacial score (nSPS) is 11.0. The molecule has 0 aliphatic rings. The monoisotopic (exact) mass is 389 g/mol. The highest BCUT2D eigenvalue weighted by atomic mass is 79.9. The zero-order chi connectivity index (χ0) is 17.4. The number of halogens is 1. The van der Waals surface area contributed by atoms with Crippen LogP contribution in [0.5, 0.6) is 0 Å². The highest BCUT2D eigenvalue weighted by Crippen LogP contribution is 2.20. The number of carbonyl (C=O) groups excluding carboxylic acids is 1. The zero-order valence-electron chi connectivity index (χ0n) is 13.6. The van der Waals surface area contributed by atoms with Gasteiger partial charge in [0, 0.05) is 23.4 Å². The number of pyridine rings is 1. The van der Waals surface area contributed by atoms with Crippen molar-refractivity contribution >= 4 is 33.5 Å². The minimum Gasteiger partial charge on any atom is -0.351 e. The van der Waals surface area contributed by atoms with Gasteiger partial charge >= 0.3 is 0 Å². The molecule has 0 fully saturated rings. The molecule has 0 radical (unpaired) electrons. The standard InChI is InChI=1S/C17H20BrN5O/c1-12-6-7-13(18)9-15(12)23-16(24)11-22-17(19-2)21-10-14-5-3-4-8-20-14/h3-9H,10-11H2,1-2H3,(H,23,24)(H2,19,21,22). The lowest BCUT2D eigenvalue weighted by molar-refractivity contribution is -0.115. The summed E-state index contributed by atoms with van der Waals surface area (Å²) in [5.74, 6) is 0.402. The SMILES string of the molecule is CN=C(NCC(=O)Nc1cc(Br)ccc1C)NCc1ccccn1. The molecule has 24 heavy (non-hydrogen) atoms. The van der Waals surface area contributed by atoms with Gasteiger partial charge in [-0.15, -0.1) is 0 Å². The number of nitrogens with one attached hydrogen (secondary N) is 3. The number of anilines is 1. The van der Waals surface area contributed by atoms with Crippen LogP contribution in [0.25, 0.3) is 0 Å². The highest BCUT2D eigenvalue weighted by Gasteiger charge is 2.07. The Morgan fingerprint density at radius 3 is 2.79 bits per heavy atom.